The molecular weight excluding hydrogens is 237 g/mol. The van der Waals surface area contributed by atoms with Crippen molar-refractivity contribution in [3.8, 4) is 0 Å². The van der Waals surface area contributed by atoms with Crippen LogP contribution in [0.15, 0.2) is 24.3 Å². The Balaban J connectivity index is 1.92. The highest BCUT2D eigenvalue weighted by molar-refractivity contribution is 6.59. The van der Waals surface area contributed by atoms with E-state index in [4.69, 9.17) is 0 Å². The normalized spacial score (nSPS) is 17.6. The molecule has 0 saturated carbocycles. The molecule has 1 aromatic carbocycles. The fourth-order valence-corrected chi connectivity index (χ4v) is 3.01. The number of nitrogens with zero attached hydrogens (tertiary/aromatic N) is 1. The van der Waals surface area contributed by atoms with Crippen LogP contribution in [0.2, 0.25) is 0 Å². The van der Waals surface area contributed by atoms with E-state index in [0.29, 0.717) is 5.46 Å². The van der Waals surface area contributed by atoms with Gasteiger partial charge in [-0.1, -0.05) is 44.0 Å². The predicted octanol–water partition coefficient (Wildman–Crippen LogP) is 1.38. The maximum absolute atomic E-state index is 9.38. The summed E-state index contributed by atoms with van der Waals surface area (Å²) in [6, 6.07) is 7.60. The zero-order valence-electron chi connectivity index (χ0n) is 11.8. The second-order valence-corrected chi connectivity index (χ2v) is 5.58. The van der Waals surface area contributed by atoms with E-state index in [0.717, 1.165) is 31.1 Å². The van der Waals surface area contributed by atoms with Crippen LogP contribution in [0.25, 0.3) is 0 Å². The molecule has 104 valence electrons. The van der Waals surface area contributed by atoms with Gasteiger partial charge in [-0.2, -0.15) is 0 Å². The topological polar surface area (TPSA) is 43.7 Å². The molecule has 4 heteroatoms. The average Bonchev–Trinajstić information content (AvgIpc) is 2.42. The van der Waals surface area contributed by atoms with Crippen LogP contribution >= 0.6 is 0 Å². The molecule has 1 saturated heterocycles. The van der Waals surface area contributed by atoms with E-state index in [1.807, 2.05) is 18.2 Å². The van der Waals surface area contributed by atoms with E-state index < -0.39 is 7.12 Å². The molecule has 0 aromatic heterocycles. The lowest BCUT2D eigenvalue weighted by molar-refractivity contribution is 0.172. The van der Waals surface area contributed by atoms with Crippen LogP contribution in [-0.4, -0.2) is 35.2 Å². The van der Waals surface area contributed by atoms with Gasteiger partial charge in [-0.3, -0.25) is 4.90 Å². The van der Waals surface area contributed by atoms with Gasteiger partial charge in [0.1, 0.15) is 0 Å². The van der Waals surface area contributed by atoms with E-state index in [2.05, 4.69) is 11.8 Å². The van der Waals surface area contributed by atoms with Crippen molar-refractivity contribution in [2.45, 2.75) is 39.2 Å². The minimum Gasteiger partial charge on any atom is -0.423 e. The lowest BCUT2D eigenvalue weighted by atomic mass is 9.77. The van der Waals surface area contributed by atoms with E-state index in [1.165, 1.54) is 25.7 Å². The predicted molar refractivity (Wildman–Crippen MR) is 79.2 cm³/mol. The number of likely N-dealkylation sites (tertiary alicyclic amines) is 1. The summed E-state index contributed by atoms with van der Waals surface area (Å²) < 4.78 is 0. The Morgan fingerprint density at radius 3 is 2.53 bits per heavy atom. The van der Waals surface area contributed by atoms with Gasteiger partial charge in [0.15, 0.2) is 0 Å². The quantitative estimate of drug-likeness (QED) is 0.787. The number of rotatable bonds is 5. The Bertz CT molecular complexity index is 389. The summed E-state index contributed by atoms with van der Waals surface area (Å²) in [5.74, 6) is 0.889. The Morgan fingerprint density at radius 1 is 1.21 bits per heavy atom. The van der Waals surface area contributed by atoms with Crippen LogP contribution in [0.1, 0.15) is 38.2 Å². The molecule has 3 nitrogen and oxygen atoms in total. The van der Waals surface area contributed by atoms with Crippen LogP contribution in [0, 0.1) is 5.92 Å². The molecule has 0 aliphatic carbocycles. The number of benzene rings is 1. The van der Waals surface area contributed by atoms with E-state index in [1.54, 1.807) is 6.07 Å². The zero-order valence-corrected chi connectivity index (χ0v) is 11.8. The van der Waals surface area contributed by atoms with Crippen molar-refractivity contribution in [3.05, 3.63) is 29.8 Å². The van der Waals surface area contributed by atoms with Gasteiger partial charge >= 0.3 is 7.12 Å². The SMILES string of the molecule is CCCC1CCN(Cc2ccccc2B(O)O)CC1. The standard InChI is InChI=1S/C15H24BNO2/c1-2-5-13-8-10-17(11-9-13)12-14-6-3-4-7-15(14)16(18)19/h3-4,6-7,13,18-19H,2,5,8-12H2,1H3. The smallest absolute Gasteiger partial charge is 0.423 e. The first-order valence-corrected chi connectivity index (χ1v) is 7.37. The van der Waals surface area contributed by atoms with Gasteiger partial charge in [-0.15, -0.1) is 0 Å². The van der Waals surface area contributed by atoms with Crippen LogP contribution < -0.4 is 5.46 Å². The van der Waals surface area contributed by atoms with Crippen molar-refractivity contribution >= 4 is 12.6 Å². The Morgan fingerprint density at radius 2 is 1.89 bits per heavy atom. The lowest BCUT2D eigenvalue weighted by Crippen LogP contribution is -2.38. The number of hydrogen-bond acceptors (Lipinski definition) is 3. The lowest BCUT2D eigenvalue weighted by Gasteiger charge is -2.32. The molecule has 0 amide bonds. The molecule has 2 rings (SSSR count). The first kappa shape index (κ1) is 14.6. The van der Waals surface area contributed by atoms with Crippen molar-refractivity contribution in [1.29, 1.82) is 0 Å². The Hall–Kier alpha value is -0.835. The largest absolute Gasteiger partial charge is 0.488 e. The van der Waals surface area contributed by atoms with Crippen molar-refractivity contribution in [2.24, 2.45) is 5.92 Å². The fourth-order valence-electron chi connectivity index (χ4n) is 3.01. The molecule has 0 atom stereocenters. The van der Waals surface area contributed by atoms with Crippen LogP contribution in [0.3, 0.4) is 0 Å². The Labute approximate surface area is 116 Å². The summed E-state index contributed by atoms with van der Waals surface area (Å²) in [4.78, 5) is 2.42. The van der Waals surface area contributed by atoms with Gasteiger partial charge in [-0.25, -0.2) is 0 Å². The van der Waals surface area contributed by atoms with Crippen molar-refractivity contribution in [3.63, 3.8) is 0 Å². The molecule has 0 spiro atoms. The highest BCUT2D eigenvalue weighted by Gasteiger charge is 2.21. The fraction of sp³-hybridized carbons (Fsp3) is 0.600. The minimum absolute atomic E-state index is 0.637. The van der Waals surface area contributed by atoms with Gasteiger partial charge in [0, 0.05) is 6.54 Å². The van der Waals surface area contributed by atoms with Crippen LogP contribution in [-0.2, 0) is 6.54 Å². The van der Waals surface area contributed by atoms with Crippen LogP contribution in [0.4, 0.5) is 0 Å². The zero-order chi connectivity index (χ0) is 13.7. The maximum atomic E-state index is 9.38. The van der Waals surface area contributed by atoms with E-state index in [9.17, 15) is 10.0 Å². The van der Waals surface area contributed by atoms with Gasteiger partial charge in [0.25, 0.3) is 0 Å². The third kappa shape index (κ3) is 4.06. The summed E-state index contributed by atoms with van der Waals surface area (Å²) in [6.45, 7) is 5.33. The molecule has 1 fully saturated rings. The summed E-state index contributed by atoms with van der Waals surface area (Å²) in [7, 11) is -1.37. The first-order chi connectivity index (χ1) is 9.20. The third-order valence-corrected chi connectivity index (χ3v) is 4.13. The first-order valence-electron chi connectivity index (χ1n) is 7.37. The van der Waals surface area contributed by atoms with Gasteiger partial charge in [-0.05, 0) is 42.9 Å². The van der Waals surface area contributed by atoms with E-state index in [-0.39, 0.29) is 0 Å². The summed E-state index contributed by atoms with van der Waals surface area (Å²) in [6.07, 6.45) is 5.18. The molecule has 0 radical (unpaired) electrons. The molecule has 1 heterocycles. The molecule has 19 heavy (non-hydrogen) atoms. The summed E-state index contributed by atoms with van der Waals surface area (Å²) in [5, 5.41) is 18.8. The van der Waals surface area contributed by atoms with Crippen molar-refractivity contribution in [2.75, 3.05) is 13.1 Å². The van der Waals surface area contributed by atoms with Gasteiger partial charge in [0.05, 0.1) is 0 Å². The van der Waals surface area contributed by atoms with Gasteiger partial charge < -0.3 is 10.0 Å². The second-order valence-electron chi connectivity index (χ2n) is 5.58. The van der Waals surface area contributed by atoms with E-state index >= 15 is 0 Å². The molecule has 2 N–H and O–H groups in total. The number of hydrogen-bond donors (Lipinski definition) is 2. The highest BCUT2D eigenvalue weighted by Crippen LogP contribution is 2.22. The molecule has 1 aliphatic rings. The average molecular weight is 261 g/mol. The second kappa shape index (κ2) is 7.08. The Kier molecular flexibility index (Phi) is 5.43. The molecule has 1 aromatic rings. The third-order valence-electron chi connectivity index (χ3n) is 4.13. The van der Waals surface area contributed by atoms with Crippen LogP contribution in [0.5, 0.6) is 0 Å². The molecular formula is C15H24BNO2. The highest BCUT2D eigenvalue weighted by atomic mass is 16.4. The maximum Gasteiger partial charge on any atom is 0.488 e. The molecule has 0 unspecified atom stereocenters. The monoisotopic (exact) mass is 261 g/mol. The minimum atomic E-state index is -1.37. The molecule has 0 bridgehead atoms. The van der Waals surface area contributed by atoms with Gasteiger partial charge in [0.2, 0.25) is 0 Å². The molecule has 1 aliphatic heterocycles. The summed E-state index contributed by atoms with van der Waals surface area (Å²) in [5.41, 5.74) is 1.67. The van der Waals surface area contributed by atoms with Crippen molar-refractivity contribution in [1.82, 2.24) is 4.90 Å². The number of piperidine rings is 1. The summed E-state index contributed by atoms with van der Waals surface area (Å²) >= 11 is 0. The van der Waals surface area contributed by atoms with Crippen molar-refractivity contribution < 1.29 is 10.0 Å².